The summed E-state index contributed by atoms with van der Waals surface area (Å²) in [7, 11) is 0. The lowest BCUT2D eigenvalue weighted by atomic mass is 10.2. The third kappa shape index (κ3) is 2.88. The average Bonchev–Trinajstić information content (AvgIpc) is 2.86. The number of ether oxygens (including phenoxy) is 1. The topological polar surface area (TPSA) is 75.2 Å². The van der Waals surface area contributed by atoms with Crippen molar-refractivity contribution in [3.8, 4) is 5.75 Å². The van der Waals surface area contributed by atoms with Crippen molar-refractivity contribution in [3.05, 3.63) is 47.3 Å². The van der Waals surface area contributed by atoms with Crippen LogP contribution in [0.2, 0.25) is 0 Å². The molecule has 0 saturated heterocycles. The number of aromatic nitrogens is 2. The van der Waals surface area contributed by atoms with Crippen molar-refractivity contribution in [2.75, 3.05) is 0 Å². The first-order valence-corrected chi connectivity index (χ1v) is 5.68. The molecule has 94 valence electrons. The third-order valence-electron chi connectivity index (χ3n) is 2.58. The van der Waals surface area contributed by atoms with Gasteiger partial charge in [0.1, 0.15) is 12.4 Å². The van der Waals surface area contributed by atoms with E-state index in [2.05, 4.69) is 17.1 Å². The van der Waals surface area contributed by atoms with Crippen molar-refractivity contribution in [3.63, 3.8) is 0 Å². The van der Waals surface area contributed by atoms with E-state index in [1.807, 2.05) is 24.3 Å². The summed E-state index contributed by atoms with van der Waals surface area (Å²) < 4.78 is 5.52. The maximum Gasteiger partial charge on any atom is 0.356 e. The Morgan fingerprint density at radius 2 is 2.11 bits per heavy atom. The zero-order valence-electron chi connectivity index (χ0n) is 10.0. The van der Waals surface area contributed by atoms with E-state index >= 15 is 0 Å². The van der Waals surface area contributed by atoms with Crippen LogP contribution in [0.3, 0.4) is 0 Å². The molecule has 2 aromatic rings. The lowest BCUT2D eigenvalue weighted by molar-refractivity contribution is 0.0690. The zero-order chi connectivity index (χ0) is 13.0. The molecule has 2 N–H and O–H groups in total. The zero-order valence-corrected chi connectivity index (χ0v) is 10.0. The van der Waals surface area contributed by atoms with Crippen LogP contribution in [0, 0.1) is 0 Å². The van der Waals surface area contributed by atoms with Crippen molar-refractivity contribution in [2.45, 2.75) is 20.0 Å². The van der Waals surface area contributed by atoms with Crippen molar-refractivity contribution < 1.29 is 14.6 Å². The van der Waals surface area contributed by atoms with E-state index in [0.29, 0.717) is 5.69 Å². The van der Waals surface area contributed by atoms with Gasteiger partial charge in [-0.1, -0.05) is 19.1 Å². The summed E-state index contributed by atoms with van der Waals surface area (Å²) in [5, 5.41) is 15.0. The van der Waals surface area contributed by atoms with Crippen LogP contribution < -0.4 is 4.74 Å². The number of hydrogen-bond donors (Lipinski definition) is 2. The number of rotatable bonds is 5. The van der Waals surface area contributed by atoms with Gasteiger partial charge in [0.2, 0.25) is 0 Å². The van der Waals surface area contributed by atoms with E-state index in [1.54, 1.807) is 0 Å². The largest absolute Gasteiger partial charge is 0.487 e. The van der Waals surface area contributed by atoms with Crippen LogP contribution in [0.4, 0.5) is 0 Å². The first kappa shape index (κ1) is 12.2. The van der Waals surface area contributed by atoms with Gasteiger partial charge in [0.05, 0.1) is 5.69 Å². The van der Waals surface area contributed by atoms with Crippen LogP contribution in [0.5, 0.6) is 5.75 Å². The number of aromatic amines is 1. The van der Waals surface area contributed by atoms with Crippen LogP contribution in [-0.4, -0.2) is 21.3 Å². The minimum atomic E-state index is -1.05. The number of H-pyrrole nitrogens is 1. The molecule has 2 rings (SSSR count). The molecular weight excluding hydrogens is 232 g/mol. The van der Waals surface area contributed by atoms with Gasteiger partial charge in [-0.15, -0.1) is 0 Å². The molecule has 1 aromatic carbocycles. The fourth-order valence-electron chi connectivity index (χ4n) is 1.53. The highest BCUT2D eigenvalue weighted by Gasteiger charge is 2.08. The van der Waals surface area contributed by atoms with Crippen molar-refractivity contribution in [1.29, 1.82) is 0 Å². The Morgan fingerprint density at radius 1 is 1.39 bits per heavy atom. The normalized spacial score (nSPS) is 10.3. The lowest BCUT2D eigenvalue weighted by Gasteiger charge is -2.04. The van der Waals surface area contributed by atoms with Gasteiger partial charge in [0.25, 0.3) is 0 Å². The highest BCUT2D eigenvalue weighted by Crippen LogP contribution is 2.14. The predicted octanol–water partition coefficient (Wildman–Crippen LogP) is 2.25. The molecule has 0 atom stereocenters. The molecule has 0 unspecified atom stereocenters. The number of nitrogens with one attached hydrogen (secondary N) is 1. The first-order chi connectivity index (χ1) is 8.69. The van der Waals surface area contributed by atoms with Gasteiger partial charge in [-0.3, -0.25) is 5.10 Å². The Kier molecular flexibility index (Phi) is 3.62. The summed E-state index contributed by atoms with van der Waals surface area (Å²) >= 11 is 0. The molecule has 0 radical (unpaired) electrons. The summed E-state index contributed by atoms with van der Waals surface area (Å²) in [6.45, 7) is 2.36. The predicted molar refractivity (Wildman–Crippen MR) is 65.7 cm³/mol. The second-order valence-electron chi connectivity index (χ2n) is 3.87. The van der Waals surface area contributed by atoms with Crippen molar-refractivity contribution in [1.82, 2.24) is 10.2 Å². The fourth-order valence-corrected chi connectivity index (χ4v) is 1.53. The van der Waals surface area contributed by atoms with Gasteiger partial charge in [0, 0.05) is 0 Å². The Labute approximate surface area is 104 Å². The molecule has 0 aliphatic rings. The van der Waals surface area contributed by atoms with E-state index in [-0.39, 0.29) is 12.3 Å². The van der Waals surface area contributed by atoms with Gasteiger partial charge in [-0.05, 0) is 30.2 Å². The minimum Gasteiger partial charge on any atom is -0.487 e. The molecule has 0 bridgehead atoms. The third-order valence-corrected chi connectivity index (χ3v) is 2.58. The summed E-state index contributed by atoms with van der Waals surface area (Å²) in [5.74, 6) is -0.302. The standard InChI is InChI=1S/C13H14N2O3/c1-2-9-3-5-11(6-4-9)18-8-10-7-12(13(16)17)15-14-10/h3-7H,2,8H2,1H3,(H,14,15)(H,16,17). The highest BCUT2D eigenvalue weighted by atomic mass is 16.5. The summed E-state index contributed by atoms with van der Waals surface area (Å²) in [6.07, 6.45) is 0.989. The quantitative estimate of drug-likeness (QED) is 0.848. The van der Waals surface area contributed by atoms with Gasteiger partial charge >= 0.3 is 5.97 Å². The lowest BCUT2D eigenvalue weighted by Crippen LogP contribution is -1.96. The fraction of sp³-hybridized carbons (Fsp3) is 0.231. The molecule has 0 fully saturated rings. The Bertz CT molecular complexity index is 531. The molecule has 0 saturated carbocycles. The molecule has 0 aliphatic heterocycles. The van der Waals surface area contributed by atoms with E-state index in [9.17, 15) is 4.79 Å². The second kappa shape index (κ2) is 5.35. The molecule has 1 aromatic heterocycles. The van der Waals surface area contributed by atoms with E-state index < -0.39 is 5.97 Å². The van der Waals surface area contributed by atoms with Gasteiger partial charge < -0.3 is 9.84 Å². The summed E-state index contributed by atoms with van der Waals surface area (Å²) in [4.78, 5) is 10.6. The number of aromatic carboxylic acids is 1. The van der Waals surface area contributed by atoms with Gasteiger partial charge in [-0.25, -0.2) is 4.79 Å². The molecule has 0 spiro atoms. The SMILES string of the molecule is CCc1ccc(OCc2cc(C(=O)O)n[nH]2)cc1. The monoisotopic (exact) mass is 246 g/mol. The molecule has 0 amide bonds. The van der Waals surface area contributed by atoms with Crippen LogP contribution in [0.15, 0.2) is 30.3 Å². The maximum atomic E-state index is 10.6. The summed E-state index contributed by atoms with van der Waals surface area (Å²) in [6, 6.07) is 9.26. The van der Waals surface area contributed by atoms with E-state index in [1.165, 1.54) is 11.6 Å². The van der Waals surface area contributed by atoms with Crippen LogP contribution >= 0.6 is 0 Å². The number of carboxylic acid groups (broad SMARTS) is 1. The Hall–Kier alpha value is -2.30. The average molecular weight is 246 g/mol. The Morgan fingerprint density at radius 3 is 2.67 bits per heavy atom. The smallest absolute Gasteiger partial charge is 0.356 e. The molecule has 18 heavy (non-hydrogen) atoms. The molecular formula is C13H14N2O3. The van der Waals surface area contributed by atoms with Crippen molar-refractivity contribution in [2.24, 2.45) is 0 Å². The molecule has 0 aliphatic carbocycles. The maximum absolute atomic E-state index is 10.6. The van der Waals surface area contributed by atoms with Crippen molar-refractivity contribution >= 4 is 5.97 Å². The number of carboxylic acids is 1. The molecule has 5 heteroatoms. The molecule has 1 heterocycles. The van der Waals surface area contributed by atoms with Crippen LogP contribution in [0.1, 0.15) is 28.7 Å². The number of carbonyl (C=O) groups is 1. The Balaban J connectivity index is 1.95. The number of nitrogens with zero attached hydrogens (tertiary/aromatic N) is 1. The van der Waals surface area contributed by atoms with Gasteiger partial charge in [0.15, 0.2) is 5.69 Å². The number of benzene rings is 1. The first-order valence-electron chi connectivity index (χ1n) is 5.68. The second-order valence-corrected chi connectivity index (χ2v) is 3.87. The minimum absolute atomic E-state index is 0.00469. The number of aryl methyl sites for hydroxylation is 1. The number of hydrogen-bond acceptors (Lipinski definition) is 3. The molecule has 5 nitrogen and oxygen atoms in total. The van der Waals surface area contributed by atoms with Crippen LogP contribution in [0.25, 0.3) is 0 Å². The summed E-state index contributed by atoms with van der Waals surface area (Å²) in [5.41, 5.74) is 1.87. The highest BCUT2D eigenvalue weighted by molar-refractivity contribution is 5.85. The van der Waals surface area contributed by atoms with E-state index in [4.69, 9.17) is 9.84 Å². The van der Waals surface area contributed by atoms with Crippen LogP contribution in [-0.2, 0) is 13.0 Å². The van der Waals surface area contributed by atoms with E-state index in [0.717, 1.165) is 12.2 Å². The van der Waals surface area contributed by atoms with Gasteiger partial charge in [-0.2, -0.15) is 5.10 Å².